The predicted octanol–water partition coefficient (Wildman–Crippen LogP) is 2.21. The van der Waals surface area contributed by atoms with Crippen LogP contribution in [0.3, 0.4) is 0 Å². The van der Waals surface area contributed by atoms with Gasteiger partial charge in [0.1, 0.15) is 0 Å². The molecule has 68 valence electrons. The van der Waals surface area contributed by atoms with E-state index in [1.54, 1.807) is 14.2 Å². The van der Waals surface area contributed by atoms with Gasteiger partial charge in [-0.1, -0.05) is 6.42 Å². The van der Waals surface area contributed by atoms with Crippen molar-refractivity contribution >= 4 is 0 Å². The molecule has 0 radical (unpaired) electrons. The van der Waals surface area contributed by atoms with E-state index in [2.05, 4.69) is 10.8 Å². The largest absolute Gasteiger partial charge is 0.388 e. The molecular formula is C10H17NO. The van der Waals surface area contributed by atoms with Gasteiger partial charge < -0.3 is 4.74 Å². The lowest BCUT2D eigenvalue weighted by Crippen LogP contribution is -2.06. The van der Waals surface area contributed by atoms with E-state index in [0.717, 1.165) is 11.8 Å². The van der Waals surface area contributed by atoms with Crippen LogP contribution in [0, 0.1) is 29.1 Å². The van der Waals surface area contributed by atoms with Crippen LogP contribution >= 0.6 is 0 Å². The fourth-order valence-corrected chi connectivity index (χ4v) is 2.40. The Morgan fingerprint density at radius 3 is 2.17 bits per heavy atom. The summed E-state index contributed by atoms with van der Waals surface area (Å²) in [6.45, 7) is 0. The van der Waals surface area contributed by atoms with E-state index in [9.17, 15) is 0 Å². The van der Waals surface area contributed by atoms with Gasteiger partial charge in [0.15, 0.2) is 0 Å². The van der Waals surface area contributed by atoms with Crippen LogP contribution < -0.4 is 0 Å². The molecule has 3 atom stereocenters. The quantitative estimate of drug-likeness (QED) is 0.554. The average Bonchev–Trinajstić information content (AvgIpc) is 2.65. The first-order valence-corrected chi connectivity index (χ1v) is 4.61. The van der Waals surface area contributed by atoms with Crippen LogP contribution in [0.15, 0.2) is 0 Å². The lowest BCUT2D eigenvalue weighted by Gasteiger charge is -2.12. The molecule has 2 rings (SSSR count). The highest BCUT2D eigenvalue weighted by atomic mass is 16.4. The SMILES string of the molecule is COC.N#CC1CC2CCC1C2. The lowest BCUT2D eigenvalue weighted by molar-refractivity contribution is 0.277. The van der Waals surface area contributed by atoms with Crippen molar-refractivity contribution in [3.8, 4) is 6.07 Å². The molecule has 2 nitrogen and oxygen atoms in total. The molecule has 12 heavy (non-hydrogen) atoms. The molecule has 2 saturated carbocycles. The van der Waals surface area contributed by atoms with Gasteiger partial charge in [-0.15, -0.1) is 0 Å². The van der Waals surface area contributed by atoms with Gasteiger partial charge in [0, 0.05) is 20.1 Å². The van der Waals surface area contributed by atoms with Gasteiger partial charge in [-0.3, -0.25) is 0 Å². The zero-order valence-electron chi connectivity index (χ0n) is 7.92. The van der Waals surface area contributed by atoms with Crippen LogP contribution in [0.2, 0.25) is 0 Å². The van der Waals surface area contributed by atoms with E-state index >= 15 is 0 Å². The van der Waals surface area contributed by atoms with Crippen LogP contribution in [-0.2, 0) is 4.74 Å². The molecule has 2 fully saturated rings. The zero-order valence-corrected chi connectivity index (χ0v) is 7.92. The first kappa shape index (κ1) is 9.54. The topological polar surface area (TPSA) is 33.0 Å². The summed E-state index contributed by atoms with van der Waals surface area (Å²) in [5, 5.41) is 8.64. The summed E-state index contributed by atoms with van der Waals surface area (Å²) in [6, 6.07) is 2.40. The predicted molar refractivity (Wildman–Crippen MR) is 47.5 cm³/mol. The van der Waals surface area contributed by atoms with Gasteiger partial charge in [0.2, 0.25) is 0 Å². The number of hydrogen-bond donors (Lipinski definition) is 0. The number of rotatable bonds is 0. The van der Waals surface area contributed by atoms with E-state index < -0.39 is 0 Å². The molecular weight excluding hydrogens is 150 g/mol. The summed E-state index contributed by atoms with van der Waals surface area (Å²) in [4.78, 5) is 0. The minimum Gasteiger partial charge on any atom is -0.388 e. The van der Waals surface area contributed by atoms with E-state index in [0.29, 0.717) is 5.92 Å². The Bertz CT molecular complexity index is 173. The van der Waals surface area contributed by atoms with Crippen LogP contribution in [-0.4, -0.2) is 14.2 Å². The molecule has 0 heterocycles. The molecule has 3 unspecified atom stereocenters. The van der Waals surface area contributed by atoms with Gasteiger partial charge in [0.05, 0.1) is 6.07 Å². The van der Waals surface area contributed by atoms with Crippen LogP contribution in [0.4, 0.5) is 0 Å². The van der Waals surface area contributed by atoms with Crippen LogP contribution in [0.5, 0.6) is 0 Å². The second-order valence-electron chi connectivity index (χ2n) is 3.82. The number of ether oxygens (including phenoxy) is 1. The summed E-state index contributed by atoms with van der Waals surface area (Å²) < 4.78 is 4.25. The highest BCUT2D eigenvalue weighted by Crippen LogP contribution is 2.47. The highest BCUT2D eigenvalue weighted by molar-refractivity contribution is 4.99. The first-order chi connectivity index (χ1) is 5.81. The van der Waals surface area contributed by atoms with Crippen molar-refractivity contribution in [2.24, 2.45) is 17.8 Å². The zero-order chi connectivity index (χ0) is 8.97. The molecule has 2 aliphatic rings. The molecule has 0 amide bonds. The monoisotopic (exact) mass is 167 g/mol. The number of methoxy groups -OCH3 is 1. The van der Waals surface area contributed by atoms with E-state index in [1.165, 1.54) is 25.7 Å². The fourth-order valence-electron chi connectivity index (χ4n) is 2.40. The smallest absolute Gasteiger partial charge is 0.0658 e. The van der Waals surface area contributed by atoms with Gasteiger partial charge in [-0.05, 0) is 31.1 Å². The van der Waals surface area contributed by atoms with Crippen molar-refractivity contribution in [3.63, 3.8) is 0 Å². The maximum absolute atomic E-state index is 8.64. The summed E-state index contributed by atoms with van der Waals surface area (Å²) in [7, 11) is 3.25. The average molecular weight is 167 g/mol. The minimum absolute atomic E-state index is 0.434. The van der Waals surface area contributed by atoms with Crippen molar-refractivity contribution < 1.29 is 4.74 Å². The number of nitriles is 1. The fraction of sp³-hybridized carbons (Fsp3) is 0.900. The first-order valence-electron chi connectivity index (χ1n) is 4.61. The molecule has 2 heteroatoms. The summed E-state index contributed by atoms with van der Waals surface area (Å²) in [5.41, 5.74) is 0. The highest BCUT2D eigenvalue weighted by Gasteiger charge is 2.39. The molecule has 0 aromatic rings. The Morgan fingerprint density at radius 1 is 1.25 bits per heavy atom. The molecule has 2 bridgehead atoms. The van der Waals surface area contributed by atoms with E-state index in [-0.39, 0.29) is 0 Å². The van der Waals surface area contributed by atoms with Gasteiger partial charge in [-0.25, -0.2) is 0 Å². The van der Waals surface area contributed by atoms with E-state index in [4.69, 9.17) is 5.26 Å². The van der Waals surface area contributed by atoms with Gasteiger partial charge >= 0.3 is 0 Å². The van der Waals surface area contributed by atoms with Crippen molar-refractivity contribution in [2.45, 2.75) is 25.7 Å². The third-order valence-electron chi connectivity index (χ3n) is 2.90. The Hall–Kier alpha value is -0.550. The molecule has 0 aliphatic heterocycles. The normalized spacial score (nSPS) is 36.9. The minimum atomic E-state index is 0.434. The number of fused-ring (bicyclic) bond motifs is 2. The third-order valence-corrected chi connectivity index (χ3v) is 2.90. The van der Waals surface area contributed by atoms with Crippen molar-refractivity contribution in [1.29, 1.82) is 5.26 Å². The van der Waals surface area contributed by atoms with Crippen molar-refractivity contribution in [1.82, 2.24) is 0 Å². The number of hydrogen-bond acceptors (Lipinski definition) is 2. The van der Waals surface area contributed by atoms with Gasteiger partial charge in [-0.2, -0.15) is 5.26 Å². The second-order valence-corrected chi connectivity index (χ2v) is 3.82. The number of nitrogens with zero attached hydrogens (tertiary/aromatic N) is 1. The standard InChI is InChI=1S/C8H11N.C2H6O/c9-5-8-4-6-1-2-7(8)3-6;1-3-2/h6-8H,1-4H2;1-2H3. The Morgan fingerprint density at radius 2 is 1.92 bits per heavy atom. The molecule has 0 N–H and O–H groups in total. The third kappa shape index (κ3) is 1.98. The van der Waals surface area contributed by atoms with Crippen LogP contribution in [0.25, 0.3) is 0 Å². The Balaban J connectivity index is 0.000000213. The molecule has 0 saturated heterocycles. The van der Waals surface area contributed by atoms with Crippen LogP contribution in [0.1, 0.15) is 25.7 Å². The Labute approximate surface area is 74.5 Å². The molecule has 0 spiro atoms. The lowest BCUT2D eigenvalue weighted by atomic mass is 9.90. The molecule has 0 aromatic carbocycles. The van der Waals surface area contributed by atoms with Gasteiger partial charge in [0.25, 0.3) is 0 Å². The molecule has 2 aliphatic carbocycles. The second kappa shape index (κ2) is 4.47. The van der Waals surface area contributed by atoms with Crippen molar-refractivity contribution in [3.05, 3.63) is 0 Å². The van der Waals surface area contributed by atoms with Crippen molar-refractivity contribution in [2.75, 3.05) is 14.2 Å². The molecule has 0 aromatic heterocycles. The maximum atomic E-state index is 8.64. The Kier molecular flexibility index (Phi) is 3.55. The summed E-state index contributed by atoms with van der Waals surface area (Å²) in [5.74, 6) is 2.16. The maximum Gasteiger partial charge on any atom is 0.0658 e. The summed E-state index contributed by atoms with van der Waals surface area (Å²) in [6.07, 6.45) is 5.31. The summed E-state index contributed by atoms with van der Waals surface area (Å²) >= 11 is 0. The van der Waals surface area contributed by atoms with E-state index in [1.807, 2.05) is 0 Å².